The number of likely N-dealkylation sites (N-methyl/N-ethyl adjacent to an activating group) is 1. The van der Waals surface area contributed by atoms with E-state index >= 15 is 0 Å². The number of anilines is 3. The predicted molar refractivity (Wildman–Crippen MR) is 124 cm³/mol. The summed E-state index contributed by atoms with van der Waals surface area (Å²) in [6.07, 6.45) is 0.228. The lowest BCUT2D eigenvalue weighted by molar-refractivity contribution is -0.122. The quantitative estimate of drug-likeness (QED) is 0.742. The number of aryl methyl sites for hydroxylation is 1. The molecule has 0 bridgehead atoms. The predicted octanol–water partition coefficient (Wildman–Crippen LogP) is 3.50. The number of nitrogens with zero attached hydrogens (tertiary/aromatic N) is 3. The number of carbonyl (C=O) groups excluding carboxylic acids is 2. The SMILES string of the molecule is Cc1cc(N2CCN(C)CC2)ccc1NC(=O)C1CC(=O)N(c2ccccc2Br)C1. The minimum Gasteiger partial charge on any atom is -0.369 e. The number of halogens is 1. The van der Waals surface area contributed by atoms with Crippen LogP contribution in [0.4, 0.5) is 17.1 Å². The summed E-state index contributed by atoms with van der Waals surface area (Å²) < 4.78 is 0.856. The molecule has 2 aliphatic rings. The van der Waals surface area contributed by atoms with Crippen molar-refractivity contribution in [3.63, 3.8) is 0 Å². The van der Waals surface area contributed by atoms with Crippen molar-refractivity contribution in [1.29, 1.82) is 0 Å². The molecular formula is C23H27BrN4O2. The molecule has 2 fully saturated rings. The maximum atomic E-state index is 12.9. The number of para-hydroxylation sites is 1. The minimum absolute atomic E-state index is 0.0239. The van der Waals surface area contributed by atoms with Gasteiger partial charge in [-0.1, -0.05) is 12.1 Å². The van der Waals surface area contributed by atoms with Gasteiger partial charge in [-0.25, -0.2) is 0 Å². The molecule has 2 aromatic rings. The van der Waals surface area contributed by atoms with Crippen LogP contribution in [0.3, 0.4) is 0 Å². The molecule has 2 aliphatic heterocycles. The third-order valence-electron chi connectivity index (χ3n) is 5.98. The molecule has 1 atom stereocenters. The second-order valence-corrected chi connectivity index (χ2v) is 8.99. The molecule has 2 amide bonds. The fraction of sp³-hybridized carbons (Fsp3) is 0.391. The van der Waals surface area contributed by atoms with Crippen LogP contribution in [0, 0.1) is 12.8 Å². The van der Waals surface area contributed by atoms with Gasteiger partial charge in [0.1, 0.15) is 0 Å². The molecule has 0 radical (unpaired) electrons. The Morgan fingerprint density at radius 1 is 1.10 bits per heavy atom. The standard InChI is InChI=1S/C23H27BrN4O2/c1-16-13-18(27-11-9-26(2)10-12-27)7-8-20(16)25-23(30)17-14-22(29)28(15-17)21-6-4-3-5-19(21)24/h3-8,13,17H,9-12,14-15H2,1-2H3,(H,25,30). The molecule has 1 unspecified atom stereocenters. The van der Waals surface area contributed by atoms with E-state index in [1.165, 1.54) is 5.69 Å². The molecule has 2 saturated heterocycles. The van der Waals surface area contributed by atoms with Gasteiger partial charge < -0.3 is 20.0 Å². The fourth-order valence-electron chi connectivity index (χ4n) is 4.07. The van der Waals surface area contributed by atoms with Gasteiger partial charge in [-0.15, -0.1) is 0 Å². The summed E-state index contributed by atoms with van der Waals surface area (Å²) in [6, 6.07) is 13.8. The maximum Gasteiger partial charge on any atom is 0.229 e. The summed E-state index contributed by atoms with van der Waals surface area (Å²) in [5, 5.41) is 3.04. The number of benzene rings is 2. The van der Waals surface area contributed by atoms with Crippen LogP contribution in [0.1, 0.15) is 12.0 Å². The van der Waals surface area contributed by atoms with Crippen molar-refractivity contribution in [1.82, 2.24) is 4.90 Å². The Bertz CT molecular complexity index is 956. The average molecular weight is 471 g/mol. The van der Waals surface area contributed by atoms with Gasteiger partial charge in [0.25, 0.3) is 0 Å². The van der Waals surface area contributed by atoms with Gasteiger partial charge in [0.2, 0.25) is 11.8 Å². The normalized spacial score (nSPS) is 20.0. The van der Waals surface area contributed by atoms with E-state index in [4.69, 9.17) is 0 Å². The monoisotopic (exact) mass is 470 g/mol. The molecule has 0 aromatic heterocycles. The molecule has 0 aliphatic carbocycles. The average Bonchev–Trinajstić information content (AvgIpc) is 3.12. The Hall–Kier alpha value is -2.38. The van der Waals surface area contributed by atoms with Gasteiger partial charge in [-0.05, 0) is 65.8 Å². The first-order valence-electron chi connectivity index (χ1n) is 10.3. The van der Waals surface area contributed by atoms with Crippen molar-refractivity contribution in [3.05, 3.63) is 52.5 Å². The second kappa shape index (κ2) is 8.78. The van der Waals surface area contributed by atoms with E-state index in [9.17, 15) is 9.59 Å². The number of nitrogens with one attached hydrogen (secondary N) is 1. The molecule has 2 heterocycles. The van der Waals surface area contributed by atoms with Crippen LogP contribution in [-0.4, -0.2) is 56.5 Å². The Labute approximate surface area is 186 Å². The molecule has 4 rings (SSSR count). The van der Waals surface area contributed by atoms with E-state index in [1.54, 1.807) is 4.90 Å². The molecule has 6 nitrogen and oxygen atoms in total. The molecular weight excluding hydrogens is 444 g/mol. The van der Waals surface area contributed by atoms with E-state index in [0.29, 0.717) is 6.54 Å². The van der Waals surface area contributed by atoms with E-state index in [0.717, 1.165) is 47.6 Å². The van der Waals surface area contributed by atoms with Crippen LogP contribution in [0.2, 0.25) is 0 Å². The lowest BCUT2D eigenvalue weighted by Crippen LogP contribution is -2.44. The van der Waals surface area contributed by atoms with Crippen LogP contribution >= 0.6 is 15.9 Å². The topological polar surface area (TPSA) is 55.9 Å². The molecule has 7 heteroatoms. The lowest BCUT2D eigenvalue weighted by atomic mass is 10.1. The van der Waals surface area contributed by atoms with Gasteiger partial charge in [0.05, 0.1) is 11.6 Å². The van der Waals surface area contributed by atoms with Crippen LogP contribution < -0.4 is 15.1 Å². The second-order valence-electron chi connectivity index (χ2n) is 8.14. The third-order valence-corrected chi connectivity index (χ3v) is 6.65. The van der Waals surface area contributed by atoms with Crippen molar-refractivity contribution in [2.75, 3.05) is 54.9 Å². The molecule has 1 N–H and O–H groups in total. The lowest BCUT2D eigenvalue weighted by Gasteiger charge is -2.34. The summed E-state index contributed by atoms with van der Waals surface area (Å²) in [6.45, 7) is 6.55. The van der Waals surface area contributed by atoms with Crippen molar-refractivity contribution in [2.24, 2.45) is 5.92 Å². The molecule has 30 heavy (non-hydrogen) atoms. The largest absolute Gasteiger partial charge is 0.369 e. The summed E-state index contributed by atoms with van der Waals surface area (Å²) in [5.41, 5.74) is 3.84. The van der Waals surface area contributed by atoms with Crippen LogP contribution in [0.5, 0.6) is 0 Å². The highest BCUT2D eigenvalue weighted by Gasteiger charge is 2.36. The number of carbonyl (C=O) groups is 2. The van der Waals surface area contributed by atoms with E-state index in [2.05, 4.69) is 50.2 Å². The van der Waals surface area contributed by atoms with Gasteiger partial charge in [0, 0.05) is 55.0 Å². The highest BCUT2D eigenvalue weighted by Crippen LogP contribution is 2.32. The number of hydrogen-bond acceptors (Lipinski definition) is 4. The number of rotatable bonds is 4. The maximum absolute atomic E-state index is 12.9. The summed E-state index contributed by atoms with van der Waals surface area (Å²) in [7, 11) is 2.15. The highest BCUT2D eigenvalue weighted by molar-refractivity contribution is 9.10. The third kappa shape index (κ3) is 4.37. The Kier molecular flexibility index (Phi) is 6.11. The first kappa shape index (κ1) is 20.9. The first-order valence-corrected chi connectivity index (χ1v) is 11.1. The molecule has 0 saturated carbocycles. The summed E-state index contributed by atoms with van der Waals surface area (Å²) in [4.78, 5) is 31.8. The fourth-order valence-corrected chi connectivity index (χ4v) is 4.57. The van der Waals surface area contributed by atoms with E-state index < -0.39 is 0 Å². The Morgan fingerprint density at radius 2 is 1.83 bits per heavy atom. The van der Waals surface area contributed by atoms with Crippen molar-refractivity contribution >= 4 is 44.8 Å². The molecule has 2 aromatic carbocycles. The minimum atomic E-state index is -0.360. The van der Waals surface area contributed by atoms with Crippen molar-refractivity contribution in [3.8, 4) is 0 Å². The van der Waals surface area contributed by atoms with Crippen molar-refractivity contribution in [2.45, 2.75) is 13.3 Å². The van der Waals surface area contributed by atoms with Crippen LogP contribution in [-0.2, 0) is 9.59 Å². The highest BCUT2D eigenvalue weighted by atomic mass is 79.9. The van der Waals surface area contributed by atoms with E-state index in [-0.39, 0.29) is 24.2 Å². The smallest absolute Gasteiger partial charge is 0.229 e. The molecule has 0 spiro atoms. The van der Waals surface area contributed by atoms with Gasteiger partial charge in [0.15, 0.2) is 0 Å². The Morgan fingerprint density at radius 3 is 2.53 bits per heavy atom. The zero-order chi connectivity index (χ0) is 21.3. The summed E-state index contributed by atoms with van der Waals surface area (Å²) >= 11 is 3.50. The van der Waals surface area contributed by atoms with Crippen molar-refractivity contribution < 1.29 is 9.59 Å². The number of amides is 2. The molecule has 158 valence electrons. The summed E-state index contributed by atoms with van der Waals surface area (Å²) in [5.74, 6) is -0.487. The van der Waals surface area contributed by atoms with Crippen LogP contribution in [0.25, 0.3) is 0 Å². The van der Waals surface area contributed by atoms with Gasteiger partial charge >= 0.3 is 0 Å². The zero-order valence-corrected chi connectivity index (χ0v) is 19.0. The van der Waals surface area contributed by atoms with E-state index in [1.807, 2.05) is 37.3 Å². The number of hydrogen-bond donors (Lipinski definition) is 1. The number of piperazine rings is 1. The Balaban J connectivity index is 1.42. The zero-order valence-electron chi connectivity index (χ0n) is 17.4. The van der Waals surface area contributed by atoms with Gasteiger partial charge in [-0.3, -0.25) is 9.59 Å². The van der Waals surface area contributed by atoms with Gasteiger partial charge in [-0.2, -0.15) is 0 Å². The van der Waals surface area contributed by atoms with Crippen LogP contribution in [0.15, 0.2) is 46.9 Å². The first-order chi connectivity index (χ1) is 14.4.